The fraction of sp³-hybridized carbons (Fsp3) is 0.133. The van der Waals surface area contributed by atoms with Crippen LogP contribution in [0.2, 0.25) is 5.02 Å². The molecule has 0 aliphatic carbocycles. The summed E-state index contributed by atoms with van der Waals surface area (Å²) in [5.74, 6) is 0. The highest BCUT2D eigenvalue weighted by Crippen LogP contribution is 2.36. The minimum absolute atomic E-state index is 0.195. The number of rotatable bonds is 2. The van der Waals surface area contributed by atoms with Gasteiger partial charge < -0.3 is 10.6 Å². The van der Waals surface area contributed by atoms with Gasteiger partial charge in [0.25, 0.3) is 0 Å². The first-order valence-corrected chi connectivity index (χ1v) is 7.06. The number of nitrogens with one attached hydrogen (secondary N) is 2. The molecule has 2 aromatic rings. The molecule has 0 unspecified atom stereocenters. The van der Waals surface area contributed by atoms with Crippen LogP contribution in [-0.4, -0.2) is 5.11 Å². The minimum atomic E-state index is -4.51. The Morgan fingerprint density at radius 2 is 1.68 bits per heavy atom. The third-order valence-corrected chi connectivity index (χ3v) is 3.34. The van der Waals surface area contributed by atoms with E-state index in [4.69, 9.17) is 23.8 Å². The Hall–Kier alpha value is -1.79. The number of hydrogen-bond acceptors (Lipinski definition) is 1. The first kappa shape index (κ1) is 16.6. The number of aryl methyl sites for hydroxylation is 1. The molecule has 2 N–H and O–H groups in total. The standard InChI is InChI=1S/C15H12ClF3N2S/c1-9-3-2-4-10(7-9)20-14(22)21-11-5-6-13(16)12(8-11)15(17,18)19/h2-8H,1H3,(H2,20,21,22). The number of benzene rings is 2. The van der Waals surface area contributed by atoms with Gasteiger partial charge in [-0.3, -0.25) is 0 Å². The van der Waals surface area contributed by atoms with Gasteiger partial charge in [-0.05, 0) is 55.0 Å². The van der Waals surface area contributed by atoms with Crippen molar-refractivity contribution in [3.8, 4) is 0 Å². The van der Waals surface area contributed by atoms with E-state index in [9.17, 15) is 13.2 Å². The maximum atomic E-state index is 12.8. The lowest BCUT2D eigenvalue weighted by atomic mass is 10.2. The number of alkyl halides is 3. The molecule has 2 aromatic carbocycles. The molecule has 0 atom stereocenters. The molecule has 0 aromatic heterocycles. The summed E-state index contributed by atoms with van der Waals surface area (Å²) in [6.45, 7) is 1.93. The van der Waals surface area contributed by atoms with Gasteiger partial charge in [0.05, 0.1) is 10.6 Å². The average Bonchev–Trinajstić information content (AvgIpc) is 2.39. The molecule has 2 rings (SSSR count). The SMILES string of the molecule is Cc1cccc(NC(=S)Nc2ccc(Cl)c(C(F)(F)F)c2)c1. The first-order chi connectivity index (χ1) is 10.3. The van der Waals surface area contributed by atoms with Crippen LogP contribution in [0.4, 0.5) is 24.5 Å². The van der Waals surface area contributed by atoms with Crippen molar-refractivity contribution in [1.82, 2.24) is 0 Å². The molecule has 0 aliphatic rings. The van der Waals surface area contributed by atoms with Crippen molar-refractivity contribution in [2.75, 3.05) is 10.6 Å². The molecule has 0 heterocycles. The van der Waals surface area contributed by atoms with Crippen LogP contribution >= 0.6 is 23.8 Å². The van der Waals surface area contributed by atoms with E-state index in [2.05, 4.69) is 10.6 Å². The van der Waals surface area contributed by atoms with Gasteiger partial charge in [-0.25, -0.2) is 0 Å². The molecule has 2 nitrogen and oxygen atoms in total. The molecule has 7 heteroatoms. The number of hydrogen-bond donors (Lipinski definition) is 2. The molecule has 116 valence electrons. The van der Waals surface area contributed by atoms with Crippen molar-refractivity contribution in [3.05, 3.63) is 58.6 Å². The van der Waals surface area contributed by atoms with Gasteiger partial charge in [-0.1, -0.05) is 23.7 Å². The molecule has 0 spiro atoms. The second-order valence-corrected chi connectivity index (χ2v) is 5.46. The number of anilines is 2. The largest absolute Gasteiger partial charge is 0.417 e. The summed E-state index contributed by atoms with van der Waals surface area (Å²) < 4.78 is 38.4. The fourth-order valence-electron chi connectivity index (χ4n) is 1.84. The molecule has 0 bridgehead atoms. The monoisotopic (exact) mass is 344 g/mol. The normalized spacial score (nSPS) is 11.1. The predicted octanol–water partition coefficient (Wildman–Crippen LogP) is 5.48. The number of halogens is 4. The van der Waals surface area contributed by atoms with Crippen LogP contribution in [-0.2, 0) is 6.18 Å². The molecule has 0 saturated heterocycles. The van der Waals surface area contributed by atoms with Crippen molar-refractivity contribution in [2.45, 2.75) is 13.1 Å². The molecular formula is C15H12ClF3N2S. The van der Waals surface area contributed by atoms with Crippen molar-refractivity contribution in [1.29, 1.82) is 0 Å². The summed E-state index contributed by atoms with van der Waals surface area (Å²) in [6.07, 6.45) is -4.51. The Kier molecular flexibility index (Phi) is 4.93. The van der Waals surface area contributed by atoms with Crippen molar-refractivity contribution in [3.63, 3.8) is 0 Å². The Bertz CT molecular complexity index is 701. The smallest absolute Gasteiger partial charge is 0.332 e. The molecule has 0 saturated carbocycles. The summed E-state index contributed by atoms with van der Waals surface area (Å²) in [5.41, 5.74) is 1.10. The second kappa shape index (κ2) is 6.54. The highest BCUT2D eigenvalue weighted by molar-refractivity contribution is 7.80. The van der Waals surface area contributed by atoms with Crippen LogP contribution in [0.1, 0.15) is 11.1 Å². The fourth-order valence-corrected chi connectivity index (χ4v) is 2.30. The summed E-state index contributed by atoms with van der Waals surface area (Å²) >= 11 is 10.7. The summed E-state index contributed by atoms with van der Waals surface area (Å²) in [5, 5.41) is 5.47. The van der Waals surface area contributed by atoms with Crippen LogP contribution < -0.4 is 10.6 Å². The van der Waals surface area contributed by atoms with Gasteiger partial charge in [0.2, 0.25) is 0 Å². The molecule has 0 fully saturated rings. The Morgan fingerprint density at radius 1 is 1.05 bits per heavy atom. The van der Waals surface area contributed by atoms with Crippen LogP contribution in [0, 0.1) is 6.92 Å². The van der Waals surface area contributed by atoms with Crippen LogP contribution in [0.15, 0.2) is 42.5 Å². The molecule has 0 amide bonds. The summed E-state index contributed by atoms with van der Waals surface area (Å²) in [6, 6.07) is 11.0. The van der Waals surface area contributed by atoms with Crippen molar-refractivity contribution in [2.24, 2.45) is 0 Å². The zero-order chi connectivity index (χ0) is 16.3. The van der Waals surface area contributed by atoms with E-state index in [0.717, 1.165) is 17.3 Å². The predicted molar refractivity (Wildman–Crippen MR) is 87.5 cm³/mol. The van der Waals surface area contributed by atoms with Crippen LogP contribution in [0.5, 0.6) is 0 Å². The zero-order valence-corrected chi connectivity index (χ0v) is 13.0. The van der Waals surface area contributed by atoms with Gasteiger partial charge in [-0.15, -0.1) is 0 Å². The van der Waals surface area contributed by atoms with Gasteiger partial charge in [0.1, 0.15) is 0 Å². The van der Waals surface area contributed by atoms with Crippen LogP contribution in [0.25, 0.3) is 0 Å². The molecule has 0 aliphatic heterocycles. The highest BCUT2D eigenvalue weighted by Gasteiger charge is 2.33. The third-order valence-electron chi connectivity index (χ3n) is 2.81. The van der Waals surface area contributed by atoms with Gasteiger partial charge in [0.15, 0.2) is 5.11 Å². The lowest BCUT2D eigenvalue weighted by molar-refractivity contribution is -0.137. The lowest BCUT2D eigenvalue weighted by Crippen LogP contribution is -2.19. The summed E-state index contributed by atoms with van der Waals surface area (Å²) in [4.78, 5) is 0. The molecular weight excluding hydrogens is 333 g/mol. The van der Waals surface area contributed by atoms with Gasteiger partial charge in [-0.2, -0.15) is 13.2 Å². The van der Waals surface area contributed by atoms with E-state index in [1.165, 1.54) is 12.1 Å². The minimum Gasteiger partial charge on any atom is -0.332 e. The quantitative estimate of drug-likeness (QED) is 0.706. The zero-order valence-electron chi connectivity index (χ0n) is 11.5. The van der Waals surface area contributed by atoms with Crippen molar-refractivity contribution < 1.29 is 13.2 Å². The maximum absolute atomic E-state index is 12.8. The van der Waals surface area contributed by atoms with E-state index >= 15 is 0 Å². The first-order valence-electron chi connectivity index (χ1n) is 6.27. The van der Waals surface area contributed by atoms with Gasteiger partial charge >= 0.3 is 6.18 Å². The van der Waals surface area contributed by atoms with E-state index in [1.807, 2.05) is 31.2 Å². The third kappa shape index (κ3) is 4.35. The Balaban J connectivity index is 2.12. The average molecular weight is 345 g/mol. The maximum Gasteiger partial charge on any atom is 0.417 e. The summed E-state index contributed by atoms with van der Waals surface area (Å²) in [7, 11) is 0. The topological polar surface area (TPSA) is 24.1 Å². The lowest BCUT2D eigenvalue weighted by Gasteiger charge is -2.14. The van der Waals surface area contributed by atoms with E-state index < -0.39 is 11.7 Å². The van der Waals surface area contributed by atoms with E-state index in [-0.39, 0.29) is 15.8 Å². The van der Waals surface area contributed by atoms with Crippen molar-refractivity contribution >= 4 is 40.3 Å². The van der Waals surface area contributed by atoms with Crippen LogP contribution in [0.3, 0.4) is 0 Å². The highest BCUT2D eigenvalue weighted by atomic mass is 35.5. The Labute approximate surface area is 136 Å². The second-order valence-electron chi connectivity index (χ2n) is 4.64. The van der Waals surface area contributed by atoms with Gasteiger partial charge in [0, 0.05) is 11.4 Å². The van der Waals surface area contributed by atoms with E-state index in [0.29, 0.717) is 0 Å². The molecule has 22 heavy (non-hydrogen) atoms. The Morgan fingerprint density at radius 3 is 2.27 bits per heavy atom. The molecule has 0 radical (unpaired) electrons. The number of thiocarbonyl (C=S) groups is 1. The van der Waals surface area contributed by atoms with E-state index in [1.54, 1.807) is 0 Å².